The van der Waals surface area contributed by atoms with E-state index in [4.69, 9.17) is 0 Å². The Labute approximate surface area is 146 Å². The highest BCUT2D eigenvalue weighted by Gasteiger charge is 2.09. The Bertz CT molecular complexity index is 752. The number of benzene rings is 2. The van der Waals surface area contributed by atoms with Gasteiger partial charge in [0.15, 0.2) is 5.78 Å². The van der Waals surface area contributed by atoms with Crippen molar-refractivity contribution < 1.29 is 14.4 Å². The smallest absolute Gasteiger partial charge is 0.318 e. The van der Waals surface area contributed by atoms with Gasteiger partial charge in [-0.05, 0) is 31.2 Å². The highest BCUT2D eigenvalue weighted by atomic mass is 16.2. The Balaban J connectivity index is 1.82. The zero-order chi connectivity index (χ0) is 18.2. The van der Waals surface area contributed by atoms with E-state index in [0.717, 1.165) is 5.56 Å². The number of hydrogen-bond donors (Lipinski definition) is 3. The third-order valence-corrected chi connectivity index (χ3v) is 3.61. The molecule has 0 aliphatic heterocycles. The second-order valence-corrected chi connectivity index (χ2v) is 5.62. The van der Waals surface area contributed by atoms with Crippen molar-refractivity contribution in [2.45, 2.75) is 19.8 Å². The molecule has 0 aliphatic rings. The molecule has 6 heteroatoms. The first-order valence-electron chi connectivity index (χ1n) is 7.96. The van der Waals surface area contributed by atoms with Gasteiger partial charge in [-0.15, -0.1) is 0 Å². The Morgan fingerprint density at radius 3 is 1.92 bits per heavy atom. The van der Waals surface area contributed by atoms with Crippen LogP contribution in [0.25, 0.3) is 0 Å². The molecule has 0 spiro atoms. The van der Waals surface area contributed by atoms with Crippen LogP contribution in [0.3, 0.4) is 0 Å². The molecule has 2 aromatic rings. The zero-order valence-corrected chi connectivity index (χ0v) is 14.3. The standard InChI is InChI=1S/C19H21N3O3/c1-13-3-5-14(6-4-13)17(23)11-12-18(24)21-15-7-9-16(10-8-15)22-19(25)20-2/h3-10H,11-12H2,1-2H3,(H,21,24)(H2,20,22,25). The molecule has 2 rings (SSSR count). The minimum atomic E-state index is -0.314. The van der Waals surface area contributed by atoms with Crippen molar-refractivity contribution in [3.05, 3.63) is 59.7 Å². The van der Waals surface area contributed by atoms with Crippen molar-refractivity contribution in [1.29, 1.82) is 0 Å². The topological polar surface area (TPSA) is 87.3 Å². The molecule has 0 radical (unpaired) electrons. The molecular formula is C19H21N3O3. The number of urea groups is 1. The van der Waals surface area contributed by atoms with E-state index >= 15 is 0 Å². The van der Waals surface area contributed by atoms with E-state index in [2.05, 4.69) is 16.0 Å². The van der Waals surface area contributed by atoms with Crippen LogP contribution in [-0.2, 0) is 4.79 Å². The number of carbonyl (C=O) groups is 3. The number of amides is 3. The van der Waals surface area contributed by atoms with Crippen LogP contribution in [0, 0.1) is 6.92 Å². The van der Waals surface area contributed by atoms with Gasteiger partial charge in [0.2, 0.25) is 5.91 Å². The van der Waals surface area contributed by atoms with E-state index in [0.29, 0.717) is 16.9 Å². The largest absolute Gasteiger partial charge is 0.341 e. The van der Waals surface area contributed by atoms with Gasteiger partial charge >= 0.3 is 6.03 Å². The Morgan fingerprint density at radius 2 is 1.36 bits per heavy atom. The van der Waals surface area contributed by atoms with Gasteiger partial charge in [-0.25, -0.2) is 4.79 Å². The molecule has 3 N–H and O–H groups in total. The minimum Gasteiger partial charge on any atom is -0.341 e. The minimum absolute atomic E-state index is 0.0553. The van der Waals surface area contributed by atoms with Gasteiger partial charge in [0.25, 0.3) is 0 Å². The predicted octanol–water partition coefficient (Wildman–Crippen LogP) is 3.35. The highest BCUT2D eigenvalue weighted by Crippen LogP contribution is 2.14. The third-order valence-electron chi connectivity index (χ3n) is 3.61. The van der Waals surface area contributed by atoms with Crippen LogP contribution in [0.4, 0.5) is 16.2 Å². The summed E-state index contributed by atoms with van der Waals surface area (Å²) in [7, 11) is 1.53. The van der Waals surface area contributed by atoms with Crippen LogP contribution >= 0.6 is 0 Å². The summed E-state index contributed by atoms with van der Waals surface area (Å²) in [6.07, 6.45) is 0.274. The maximum atomic E-state index is 12.1. The number of ketones is 1. The summed E-state index contributed by atoms with van der Waals surface area (Å²) in [5.41, 5.74) is 2.92. The van der Waals surface area contributed by atoms with E-state index in [9.17, 15) is 14.4 Å². The number of anilines is 2. The molecule has 0 unspecified atom stereocenters. The van der Waals surface area contributed by atoms with E-state index < -0.39 is 0 Å². The molecule has 0 bridgehead atoms. The maximum Gasteiger partial charge on any atom is 0.318 e. The van der Waals surface area contributed by atoms with Crippen molar-refractivity contribution in [3.8, 4) is 0 Å². The average molecular weight is 339 g/mol. The summed E-state index contributed by atoms with van der Waals surface area (Å²) in [6, 6.07) is 13.7. The van der Waals surface area contributed by atoms with Gasteiger partial charge in [-0.2, -0.15) is 0 Å². The molecule has 3 amide bonds. The summed E-state index contributed by atoms with van der Waals surface area (Å²) in [5, 5.41) is 7.81. The first kappa shape index (κ1) is 18.2. The SMILES string of the molecule is CNC(=O)Nc1ccc(NC(=O)CCC(=O)c2ccc(C)cc2)cc1. The molecule has 0 atom stereocenters. The molecule has 0 aromatic heterocycles. The first-order valence-corrected chi connectivity index (χ1v) is 7.96. The second kappa shape index (κ2) is 8.63. The van der Waals surface area contributed by atoms with Crippen molar-refractivity contribution in [2.75, 3.05) is 17.7 Å². The number of carbonyl (C=O) groups excluding carboxylic acids is 3. The van der Waals surface area contributed by atoms with Crippen LogP contribution in [0.5, 0.6) is 0 Å². The van der Waals surface area contributed by atoms with Crippen LogP contribution in [0.15, 0.2) is 48.5 Å². The molecular weight excluding hydrogens is 318 g/mol. The van der Waals surface area contributed by atoms with Crippen LogP contribution in [-0.4, -0.2) is 24.8 Å². The Morgan fingerprint density at radius 1 is 0.800 bits per heavy atom. The van der Waals surface area contributed by atoms with E-state index in [1.807, 2.05) is 19.1 Å². The van der Waals surface area contributed by atoms with Gasteiger partial charge in [0, 0.05) is 36.8 Å². The number of Topliss-reactive ketones (excluding diaryl/α,β-unsaturated/α-hetero) is 1. The normalized spacial score (nSPS) is 10.0. The molecule has 0 heterocycles. The van der Waals surface area contributed by atoms with Crippen molar-refractivity contribution >= 4 is 29.1 Å². The van der Waals surface area contributed by atoms with Crippen molar-refractivity contribution in [1.82, 2.24) is 5.32 Å². The zero-order valence-electron chi connectivity index (χ0n) is 14.3. The fourth-order valence-electron chi connectivity index (χ4n) is 2.16. The lowest BCUT2D eigenvalue weighted by molar-refractivity contribution is -0.116. The van der Waals surface area contributed by atoms with E-state index in [1.165, 1.54) is 7.05 Å². The summed E-state index contributed by atoms with van der Waals surface area (Å²) in [6.45, 7) is 1.96. The summed E-state index contributed by atoms with van der Waals surface area (Å²) in [4.78, 5) is 35.2. The van der Waals surface area contributed by atoms with E-state index in [-0.39, 0.29) is 30.6 Å². The number of hydrogen-bond acceptors (Lipinski definition) is 3. The quantitative estimate of drug-likeness (QED) is 0.705. The average Bonchev–Trinajstić information content (AvgIpc) is 2.62. The fraction of sp³-hybridized carbons (Fsp3) is 0.211. The molecule has 0 saturated heterocycles. The lowest BCUT2D eigenvalue weighted by Crippen LogP contribution is -2.24. The molecule has 0 fully saturated rings. The number of aryl methyl sites for hydroxylation is 1. The van der Waals surface area contributed by atoms with Crippen LogP contribution < -0.4 is 16.0 Å². The highest BCUT2D eigenvalue weighted by molar-refractivity contribution is 6.00. The lowest BCUT2D eigenvalue weighted by atomic mass is 10.0. The lowest BCUT2D eigenvalue weighted by Gasteiger charge is -2.07. The Hall–Kier alpha value is -3.15. The summed E-state index contributed by atoms with van der Waals surface area (Å²) < 4.78 is 0. The molecule has 0 aliphatic carbocycles. The molecule has 25 heavy (non-hydrogen) atoms. The van der Waals surface area contributed by atoms with Gasteiger partial charge < -0.3 is 16.0 Å². The van der Waals surface area contributed by atoms with Gasteiger partial charge in [0.05, 0.1) is 0 Å². The van der Waals surface area contributed by atoms with Gasteiger partial charge in [0.1, 0.15) is 0 Å². The van der Waals surface area contributed by atoms with Gasteiger partial charge in [-0.1, -0.05) is 29.8 Å². The van der Waals surface area contributed by atoms with Crippen LogP contribution in [0.1, 0.15) is 28.8 Å². The second-order valence-electron chi connectivity index (χ2n) is 5.62. The number of rotatable bonds is 6. The third kappa shape index (κ3) is 5.76. The summed E-state index contributed by atoms with van der Waals surface area (Å²) in [5.74, 6) is -0.284. The van der Waals surface area contributed by atoms with Crippen molar-refractivity contribution in [3.63, 3.8) is 0 Å². The Kier molecular flexibility index (Phi) is 6.28. The van der Waals surface area contributed by atoms with Gasteiger partial charge in [-0.3, -0.25) is 9.59 Å². The first-order chi connectivity index (χ1) is 12.0. The fourth-order valence-corrected chi connectivity index (χ4v) is 2.16. The molecule has 130 valence electrons. The predicted molar refractivity (Wildman–Crippen MR) is 97.9 cm³/mol. The van der Waals surface area contributed by atoms with Crippen molar-refractivity contribution in [2.24, 2.45) is 0 Å². The van der Waals surface area contributed by atoms with Crippen LogP contribution in [0.2, 0.25) is 0 Å². The molecule has 2 aromatic carbocycles. The monoisotopic (exact) mass is 339 g/mol. The molecule has 0 saturated carbocycles. The summed E-state index contributed by atoms with van der Waals surface area (Å²) >= 11 is 0. The number of nitrogens with one attached hydrogen (secondary N) is 3. The molecule has 6 nitrogen and oxygen atoms in total. The maximum absolute atomic E-state index is 12.1. The van der Waals surface area contributed by atoms with E-state index in [1.54, 1.807) is 36.4 Å².